The summed E-state index contributed by atoms with van der Waals surface area (Å²) < 4.78 is 5.53. The van der Waals surface area contributed by atoms with Crippen LogP contribution >= 0.6 is 0 Å². The van der Waals surface area contributed by atoms with Gasteiger partial charge in [0.15, 0.2) is 0 Å². The van der Waals surface area contributed by atoms with Gasteiger partial charge in [0.1, 0.15) is 11.5 Å². The first-order valence-electron chi connectivity index (χ1n) is 5.84. The van der Waals surface area contributed by atoms with E-state index in [4.69, 9.17) is 4.74 Å². The molecule has 5 nitrogen and oxygen atoms in total. The highest BCUT2D eigenvalue weighted by Gasteiger charge is 2.31. The van der Waals surface area contributed by atoms with Crippen molar-refractivity contribution in [1.29, 1.82) is 0 Å². The number of morpholine rings is 1. The van der Waals surface area contributed by atoms with E-state index in [1.165, 1.54) is 18.2 Å². The van der Waals surface area contributed by atoms with Crippen LogP contribution in [-0.2, 0) is 4.74 Å². The molecule has 0 aliphatic carbocycles. The van der Waals surface area contributed by atoms with Gasteiger partial charge in [0.2, 0.25) is 0 Å². The number of hydrogen-bond acceptors (Lipinski definition) is 4. The fourth-order valence-electron chi connectivity index (χ4n) is 2.06. The summed E-state index contributed by atoms with van der Waals surface area (Å²) in [7, 11) is 0. The monoisotopic (exact) mass is 251 g/mol. The Kier molecular flexibility index (Phi) is 3.17. The SMILES string of the molecule is CC1(C)CN(C(=O)c2cc(O)ccc2O)CCO1. The summed E-state index contributed by atoms with van der Waals surface area (Å²) in [6.07, 6.45) is 0. The Labute approximate surface area is 106 Å². The molecule has 5 heteroatoms. The quantitative estimate of drug-likeness (QED) is 0.739. The van der Waals surface area contributed by atoms with Crippen molar-refractivity contribution in [2.24, 2.45) is 0 Å². The highest BCUT2D eigenvalue weighted by atomic mass is 16.5. The predicted molar refractivity (Wildman–Crippen MR) is 65.7 cm³/mol. The maximum Gasteiger partial charge on any atom is 0.257 e. The minimum Gasteiger partial charge on any atom is -0.508 e. The molecule has 0 spiro atoms. The number of phenols is 2. The lowest BCUT2D eigenvalue weighted by Crippen LogP contribution is -2.50. The summed E-state index contributed by atoms with van der Waals surface area (Å²) in [5.41, 5.74) is -0.270. The van der Waals surface area contributed by atoms with Crippen LogP contribution in [0, 0.1) is 0 Å². The zero-order valence-corrected chi connectivity index (χ0v) is 10.5. The van der Waals surface area contributed by atoms with E-state index in [0.717, 1.165) is 0 Å². The highest BCUT2D eigenvalue weighted by Crippen LogP contribution is 2.25. The Morgan fingerprint density at radius 1 is 1.39 bits per heavy atom. The Morgan fingerprint density at radius 3 is 2.78 bits per heavy atom. The second-order valence-corrected chi connectivity index (χ2v) is 5.04. The molecule has 0 atom stereocenters. The Hall–Kier alpha value is -1.75. The molecule has 1 aromatic rings. The van der Waals surface area contributed by atoms with Gasteiger partial charge in [0.25, 0.3) is 5.91 Å². The first-order chi connectivity index (χ1) is 8.39. The van der Waals surface area contributed by atoms with E-state index in [1.54, 1.807) is 4.90 Å². The molecular formula is C13H17NO4. The third-order valence-electron chi connectivity index (χ3n) is 2.92. The van der Waals surface area contributed by atoms with Crippen LogP contribution in [0.4, 0.5) is 0 Å². The molecule has 1 aromatic carbocycles. The second kappa shape index (κ2) is 4.49. The number of ether oxygens (including phenoxy) is 1. The third-order valence-corrected chi connectivity index (χ3v) is 2.92. The third kappa shape index (κ3) is 2.56. The lowest BCUT2D eigenvalue weighted by molar-refractivity contribution is -0.0764. The Balaban J connectivity index is 2.23. The van der Waals surface area contributed by atoms with Gasteiger partial charge in [0, 0.05) is 13.1 Å². The van der Waals surface area contributed by atoms with E-state index in [0.29, 0.717) is 19.7 Å². The molecule has 2 rings (SSSR count). The fraction of sp³-hybridized carbons (Fsp3) is 0.462. The van der Waals surface area contributed by atoms with Crippen LogP contribution in [0.25, 0.3) is 0 Å². The van der Waals surface area contributed by atoms with Gasteiger partial charge in [-0.2, -0.15) is 0 Å². The van der Waals surface area contributed by atoms with E-state index in [2.05, 4.69) is 0 Å². The van der Waals surface area contributed by atoms with Crippen LogP contribution in [-0.4, -0.2) is 46.3 Å². The zero-order chi connectivity index (χ0) is 13.3. The lowest BCUT2D eigenvalue weighted by atomic mass is 10.1. The summed E-state index contributed by atoms with van der Waals surface area (Å²) in [6.45, 7) is 5.24. The van der Waals surface area contributed by atoms with Crippen LogP contribution in [0.3, 0.4) is 0 Å². The van der Waals surface area contributed by atoms with E-state index in [1.807, 2.05) is 13.8 Å². The lowest BCUT2D eigenvalue weighted by Gasteiger charge is -2.38. The molecule has 1 heterocycles. The van der Waals surface area contributed by atoms with Gasteiger partial charge in [0.05, 0.1) is 17.8 Å². The van der Waals surface area contributed by atoms with E-state index >= 15 is 0 Å². The molecular weight excluding hydrogens is 234 g/mol. The van der Waals surface area contributed by atoms with Gasteiger partial charge < -0.3 is 19.8 Å². The number of nitrogens with zero attached hydrogens (tertiary/aromatic N) is 1. The average Bonchev–Trinajstić information content (AvgIpc) is 2.30. The number of benzene rings is 1. The standard InChI is InChI=1S/C13H17NO4/c1-13(2)8-14(5-6-18-13)12(17)10-7-9(15)3-4-11(10)16/h3-4,7,15-16H,5-6,8H2,1-2H3. The molecule has 0 radical (unpaired) electrons. The maximum absolute atomic E-state index is 12.3. The molecule has 0 unspecified atom stereocenters. The van der Waals surface area contributed by atoms with Crippen molar-refractivity contribution in [3.8, 4) is 11.5 Å². The van der Waals surface area contributed by atoms with Crippen molar-refractivity contribution in [1.82, 2.24) is 4.90 Å². The highest BCUT2D eigenvalue weighted by molar-refractivity contribution is 5.97. The van der Waals surface area contributed by atoms with Gasteiger partial charge in [-0.05, 0) is 32.0 Å². The molecule has 0 aromatic heterocycles. The van der Waals surface area contributed by atoms with Crippen molar-refractivity contribution in [3.05, 3.63) is 23.8 Å². The summed E-state index contributed by atoms with van der Waals surface area (Å²) >= 11 is 0. The number of hydrogen-bond donors (Lipinski definition) is 2. The van der Waals surface area contributed by atoms with Crippen LogP contribution in [0.2, 0.25) is 0 Å². The number of carbonyl (C=O) groups is 1. The van der Waals surface area contributed by atoms with Gasteiger partial charge in [-0.3, -0.25) is 4.79 Å². The molecule has 98 valence electrons. The molecule has 1 aliphatic heterocycles. The number of amides is 1. The molecule has 1 aliphatic rings. The largest absolute Gasteiger partial charge is 0.508 e. The maximum atomic E-state index is 12.3. The van der Waals surface area contributed by atoms with Gasteiger partial charge >= 0.3 is 0 Å². The first kappa shape index (κ1) is 12.7. The topological polar surface area (TPSA) is 70.0 Å². The summed E-state index contributed by atoms with van der Waals surface area (Å²) in [5, 5.41) is 19.1. The Bertz CT molecular complexity index is 470. The Morgan fingerprint density at radius 2 is 2.11 bits per heavy atom. The normalized spacial score (nSPS) is 18.7. The van der Waals surface area contributed by atoms with Crippen LogP contribution in [0.1, 0.15) is 24.2 Å². The molecule has 1 saturated heterocycles. The molecule has 1 fully saturated rings. The number of aromatic hydroxyl groups is 2. The zero-order valence-electron chi connectivity index (χ0n) is 10.5. The molecule has 18 heavy (non-hydrogen) atoms. The predicted octanol–water partition coefficient (Wildman–Crippen LogP) is 1.35. The van der Waals surface area contributed by atoms with Crippen molar-refractivity contribution in [3.63, 3.8) is 0 Å². The van der Waals surface area contributed by atoms with Crippen LogP contribution in [0.15, 0.2) is 18.2 Å². The summed E-state index contributed by atoms with van der Waals surface area (Å²) in [5.74, 6) is -0.453. The molecule has 2 N–H and O–H groups in total. The van der Waals surface area contributed by atoms with Gasteiger partial charge in [-0.1, -0.05) is 0 Å². The van der Waals surface area contributed by atoms with Crippen molar-refractivity contribution < 1.29 is 19.7 Å². The molecule has 1 amide bonds. The van der Waals surface area contributed by atoms with Crippen LogP contribution in [0.5, 0.6) is 11.5 Å². The van der Waals surface area contributed by atoms with Gasteiger partial charge in [-0.15, -0.1) is 0 Å². The summed E-state index contributed by atoms with van der Waals surface area (Å²) in [6, 6.07) is 3.93. The summed E-state index contributed by atoms with van der Waals surface area (Å²) in [4.78, 5) is 13.9. The smallest absolute Gasteiger partial charge is 0.257 e. The minimum atomic E-state index is -0.389. The van der Waals surface area contributed by atoms with E-state index in [9.17, 15) is 15.0 Å². The van der Waals surface area contributed by atoms with Crippen molar-refractivity contribution >= 4 is 5.91 Å². The second-order valence-electron chi connectivity index (χ2n) is 5.04. The average molecular weight is 251 g/mol. The van der Waals surface area contributed by atoms with Crippen LogP contribution < -0.4 is 0 Å². The molecule has 0 bridgehead atoms. The van der Waals surface area contributed by atoms with Crippen molar-refractivity contribution in [2.45, 2.75) is 19.4 Å². The fourth-order valence-corrected chi connectivity index (χ4v) is 2.06. The van der Waals surface area contributed by atoms with E-state index in [-0.39, 0.29) is 28.6 Å². The minimum absolute atomic E-state index is 0.0383. The van der Waals surface area contributed by atoms with E-state index < -0.39 is 0 Å². The number of carbonyl (C=O) groups excluding carboxylic acids is 1. The van der Waals surface area contributed by atoms with Crippen molar-refractivity contribution in [2.75, 3.05) is 19.7 Å². The van der Waals surface area contributed by atoms with Gasteiger partial charge in [-0.25, -0.2) is 0 Å². The molecule has 0 saturated carbocycles. The number of rotatable bonds is 1. The number of phenolic OH excluding ortho intramolecular Hbond substituents is 2. The first-order valence-corrected chi connectivity index (χ1v) is 5.84.